The standard InChI is InChI=1S/C28H31Cl2N3O4S/c1-5-31-28(35)21(4)32(17-22-14-15-24(29)25(30)16-22)27(34)18-33(26-13-9-10-19(2)20(26)3)38(36,37)23-11-7-6-8-12-23/h6-16,21H,5,17-18H2,1-4H3,(H,31,35)/t21-/m0/s1. The fourth-order valence-electron chi connectivity index (χ4n) is 3.98. The van der Waals surface area contributed by atoms with Gasteiger partial charge >= 0.3 is 0 Å². The summed E-state index contributed by atoms with van der Waals surface area (Å²) in [4.78, 5) is 28.1. The Balaban J connectivity index is 2.07. The number of halogens is 2. The normalized spacial score (nSPS) is 12.1. The summed E-state index contributed by atoms with van der Waals surface area (Å²) in [5.41, 5.74) is 2.65. The van der Waals surface area contributed by atoms with Gasteiger partial charge in [0.05, 0.1) is 20.6 Å². The van der Waals surface area contributed by atoms with Crippen LogP contribution in [0.5, 0.6) is 0 Å². The van der Waals surface area contributed by atoms with Crippen molar-refractivity contribution in [2.75, 3.05) is 17.4 Å². The van der Waals surface area contributed by atoms with Crippen LogP contribution in [0.2, 0.25) is 10.0 Å². The molecule has 0 heterocycles. The molecule has 0 saturated carbocycles. The van der Waals surface area contributed by atoms with Gasteiger partial charge in [-0.3, -0.25) is 13.9 Å². The van der Waals surface area contributed by atoms with Gasteiger partial charge in [-0.05, 0) is 74.7 Å². The Kier molecular flexibility index (Phi) is 9.82. The topological polar surface area (TPSA) is 86.8 Å². The third-order valence-electron chi connectivity index (χ3n) is 6.31. The number of sulfonamides is 1. The number of hydrogen-bond donors (Lipinski definition) is 1. The van der Waals surface area contributed by atoms with Gasteiger partial charge in [-0.2, -0.15) is 0 Å². The number of carbonyl (C=O) groups excluding carboxylic acids is 2. The second kappa shape index (κ2) is 12.7. The number of benzene rings is 3. The third kappa shape index (κ3) is 6.67. The van der Waals surface area contributed by atoms with Crippen LogP contribution in [0.1, 0.15) is 30.5 Å². The Morgan fingerprint density at radius 3 is 2.26 bits per heavy atom. The van der Waals surface area contributed by atoms with Crippen LogP contribution in [0.4, 0.5) is 5.69 Å². The number of aryl methyl sites for hydroxylation is 1. The van der Waals surface area contributed by atoms with Crippen LogP contribution in [0.15, 0.2) is 71.6 Å². The van der Waals surface area contributed by atoms with Crippen molar-refractivity contribution < 1.29 is 18.0 Å². The van der Waals surface area contributed by atoms with Gasteiger partial charge < -0.3 is 10.2 Å². The number of amides is 2. The summed E-state index contributed by atoms with van der Waals surface area (Å²) in [5, 5.41) is 3.40. The molecule has 0 bridgehead atoms. The highest BCUT2D eigenvalue weighted by atomic mass is 35.5. The lowest BCUT2D eigenvalue weighted by Gasteiger charge is -2.32. The van der Waals surface area contributed by atoms with Gasteiger partial charge in [0, 0.05) is 13.1 Å². The molecule has 0 aromatic heterocycles. The minimum atomic E-state index is -4.12. The predicted octanol–water partition coefficient (Wildman–Crippen LogP) is 5.36. The van der Waals surface area contributed by atoms with Gasteiger partial charge in [0.2, 0.25) is 11.8 Å². The number of carbonyl (C=O) groups is 2. The average Bonchev–Trinajstić information content (AvgIpc) is 2.89. The van der Waals surface area contributed by atoms with Gasteiger partial charge in [0.1, 0.15) is 12.6 Å². The Hall–Kier alpha value is -3.07. The Morgan fingerprint density at radius 1 is 0.947 bits per heavy atom. The van der Waals surface area contributed by atoms with Gasteiger partial charge in [0.25, 0.3) is 10.0 Å². The molecular weight excluding hydrogens is 545 g/mol. The highest BCUT2D eigenvalue weighted by Gasteiger charge is 2.33. The van der Waals surface area contributed by atoms with E-state index in [2.05, 4.69) is 5.32 Å². The van der Waals surface area contributed by atoms with Crippen LogP contribution in [0, 0.1) is 13.8 Å². The van der Waals surface area contributed by atoms with Crippen molar-refractivity contribution in [2.45, 2.75) is 45.2 Å². The number of nitrogens with zero attached hydrogens (tertiary/aromatic N) is 2. The van der Waals surface area contributed by atoms with E-state index in [1.165, 1.54) is 17.0 Å². The van der Waals surface area contributed by atoms with E-state index in [9.17, 15) is 18.0 Å². The third-order valence-corrected chi connectivity index (χ3v) is 8.82. The van der Waals surface area contributed by atoms with E-state index in [-0.39, 0.29) is 17.3 Å². The minimum Gasteiger partial charge on any atom is -0.355 e. The molecule has 0 radical (unpaired) electrons. The quantitative estimate of drug-likeness (QED) is 0.352. The molecule has 2 amide bonds. The summed E-state index contributed by atoms with van der Waals surface area (Å²) in [6.07, 6.45) is 0. The van der Waals surface area contributed by atoms with Gasteiger partial charge in [-0.1, -0.05) is 59.6 Å². The van der Waals surface area contributed by atoms with Crippen LogP contribution in [-0.2, 0) is 26.2 Å². The van der Waals surface area contributed by atoms with Crippen LogP contribution in [0.3, 0.4) is 0 Å². The molecule has 7 nitrogen and oxygen atoms in total. The lowest BCUT2D eigenvalue weighted by Crippen LogP contribution is -2.51. The van der Waals surface area contributed by atoms with Crippen molar-refractivity contribution in [3.8, 4) is 0 Å². The number of hydrogen-bond acceptors (Lipinski definition) is 4. The van der Waals surface area contributed by atoms with Crippen molar-refractivity contribution in [2.24, 2.45) is 0 Å². The molecule has 3 aromatic rings. The molecular formula is C28H31Cl2N3O4S. The average molecular weight is 577 g/mol. The van der Waals surface area contributed by atoms with Crippen LogP contribution in [-0.4, -0.2) is 44.3 Å². The molecule has 0 unspecified atom stereocenters. The SMILES string of the molecule is CCNC(=O)[C@H](C)N(Cc1ccc(Cl)c(Cl)c1)C(=O)CN(c1cccc(C)c1C)S(=O)(=O)c1ccccc1. The number of likely N-dealkylation sites (N-methyl/N-ethyl adjacent to an activating group) is 1. The zero-order chi connectivity index (χ0) is 28.0. The molecule has 0 aliphatic rings. The van der Waals surface area contributed by atoms with Crippen molar-refractivity contribution in [1.82, 2.24) is 10.2 Å². The maximum atomic E-state index is 13.9. The molecule has 3 aromatic carbocycles. The zero-order valence-corrected chi connectivity index (χ0v) is 24.1. The fraction of sp³-hybridized carbons (Fsp3) is 0.286. The lowest BCUT2D eigenvalue weighted by molar-refractivity contribution is -0.139. The summed E-state index contributed by atoms with van der Waals surface area (Å²) in [5.74, 6) is -0.902. The first-order valence-corrected chi connectivity index (χ1v) is 14.3. The summed E-state index contributed by atoms with van der Waals surface area (Å²) < 4.78 is 28.8. The smallest absolute Gasteiger partial charge is 0.264 e. The maximum absolute atomic E-state index is 13.9. The number of nitrogens with one attached hydrogen (secondary N) is 1. The number of anilines is 1. The Morgan fingerprint density at radius 2 is 1.63 bits per heavy atom. The van der Waals surface area contributed by atoms with E-state index in [0.717, 1.165) is 15.4 Å². The van der Waals surface area contributed by atoms with E-state index in [1.807, 2.05) is 19.9 Å². The Labute approximate surface area is 234 Å². The molecule has 0 spiro atoms. The summed E-state index contributed by atoms with van der Waals surface area (Å²) in [6.45, 7) is 6.98. The lowest BCUT2D eigenvalue weighted by atomic mass is 10.1. The second-order valence-corrected chi connectivity index (χ2v) is 11.6. The molecule has 0 saturated heterocycles. The summed E-state index contributed by atoms with van der Waals surface area (Å²) >= 11 is 12.2. The molecule has 0 aliphatic heterocycles. The van der Waals surface area contributed by atoms with Crippen LogP contribution in [0.25, 0.3) is 0 Å². The van der Waals surface area contributed by atoms with Gasteiger partial charge in [-0.15, -0.1) is 0 Å². The fourth-order valence-corrected chi connectivity index (χ4v) is 5.79. The molecule has 0 aliphatic carbocycles. The highest BCUT2D eigenvalue weighted by molar-refractivity contribution is 7.92. The van der Waals surface area contributed by atoms with E-state index in [4.69, 9.17) is 23.2 Å². The van der Waals surface area contributed by atoms with Gasteiger partial charge in [-0.25, -0.2) is 8.42 Å². The summed E-state index contributed by atoms with van der Waals surface area (Å²) in [7, 11) is -4.12. The molecule has 1 N–H and O–H groups in total. The Bertz CT molecular complexity index is 1410. The van der Waals surface area contributed by atoms with Crippen molar-refractivity contribution in [3.05, 3.63) is 93.5 Å². The minimum absolute atomic E-state index is 0.0278. The van der Waals surface area contributed by atoms with Crippen LogP contribution < -0.4 is 9.62 Å². The molecule has 1 atom stereocenters. The van der Waals surface area contributed by atoms with Crippen molar-refractivity contribution >= 4 is 50.7 Å². The van der Waals surface area contributed by atoms with Gasteiger partial charge in [0.15, 0.2) is 0 Å². The first-order valence-electron chi connectivity index (χ1n) is 12.1. The van der Waals surface area contributed by atoms with Crippen LogP contribution >= 0.6 is 23.2 Å². The largest absolute Gasteiger partial charge is 0.355 e. The van der Waals surface area contributed by atoms with E-state index in [0.29, 0.717) is 27.8 Å². The maximum Gasteiger partial charge on any atom is 0.264 e. The molecule has 202 valence electrons. The van der Waals surface area contributed by atoms with E-state index >= 15 is 0 Å². The molecule has 10 heteroatoms. The second-order valence-electron chi connectivity index (χ2n) is 8.88. The monoisotopic (exact) mass is 575 g/mol. The van der Waals surface area contributed by atoms with E-state index in [1.54, 1.807) is 62.4 Å². The first kappa shape index (κ1) is 29.5. The summed E-state index contributed by atoms with van der Waals surface area (Å²) in [6, 6.07) is 17.3. The number of rotatable bonds is 10. The van der Waals surface area contributed by atoms with Crippen molar-refractivity contribution in [1.29, 1.82) is 0 Å². The van der Waals surface area contributed by atoms with E-state index < -0.39 is 28.5 Å². The zero-order valence-electron chi connectivity index (χ0n) is 21.7. The molecule has 38 heavy (non-hydrogen) atoms. The predicted molar refractivity (Wildman–Crippen MR) is 152 cm³/mol. The highest BCUT2D eigenvalue weighted by Crippen LogP contribution is 2.29. The first-order chi connectivity index (χ1) is 18.0. The molecule has 3 rings (SSSR count). The van der Waals surface area contributed by atoms with Crippen molar-refractivity contribution in [3.63, 3.8) is 0 Å². The molecule has 0 fully saturated rings.